The Hall–Kier alpha value is -1.11. The van der Waals surface area contributed by atoms with Crippen molar-refractivity contribution in [1.82, 2.24) is 4.31 Å². The first kappa shape index (κ1) is 13.3. The van der Waals surface area contributed by atoms with Crippen molar-refractivity contribution in [2.75, 3.05) is 45.3 Å². The Kier molecular flexibility index (Phi) is 3.89. The van der Waals surface area contributed by atoms with Crippen molar-refractivity contribution in [3.05, 3.63) is 24.3 Å². The number of sulfonamides is 1. The van der Waals surface area contributed by atoms with Crippen molar-refractivity contribution in [1.29, 1.82) is 0 Å². The summed E-state index contributed by atoms with van der Waals surface area (Å²) < 4.78 is 31.5. The van der Waals surface area contributed by atoms with Crippen LogP contribution in [0.25, 0.3) is 0 Å². The molecule has 1 fully saturated rings. The van der Waals surface area contributed by atoms with Crippen LogP contribution in [-0.4, -0.2) is 53.1 Å². The average molecular weight is 270 g/mol. The van der Waals surface area contributed by atoms with E-state index in [9.17, 15) is 8.42 Å². The molecule has 0 spiro atoms. The summed E-state index contributed by atoms with van der Waals surface area (Å²) in [7, 11) is 0.387. The molecule has 0 N–H and O–H groups in total. The van der Waals surface area contributed by atoms with E-state index in [4.69, 9.17) is 4.74 Å². The summed E-state index contributed by atoms with van der Waals surface area (Å²) in [4.78, 5) is 2.23. The van der Waals surface area contributed by atoms with Crippen LogP contribution in [0.15, 0.2) is 29.2 Å². The summed E-state index contributed by atoms with van der Waals surface area (Å²) in [6.45, 7) is 1.78. The summed E-state index contributed by atoms with van der Waals surface area (Å²) >= 11 is 0. The van der Waals surface area contributed by atoms with Gasteiger partial charge in [-0.2, -0.15) is 4.31 Å². The highest BCUT2D eigenvalue weighted by molar-refractivity contribution is 7.89. The SMILES string of the molecule is CN(C)c1cccc(S(=O)(=O)N2CCOCC2)c1. The molecule has 0 saturated carbocycles. The lowest BCUT2D eigenvalue weighted by Gasteiger charge is -2.26. The minimum Gasteiger partial charge on any atom is -0.379 e. The van der Waals surface area contributed by atoms with Gasteiger partial charge in [0, 0.05) is 32.9 Å². The van der Waals surface area contributed by atoms with Crippen LogP contribution in [0, 0.1) is 0 Å². The van der Waals surface area contributed by atoms with E-state index in [1.165, 1.54) is 4.31 Å². The normalized spacial score (nSPS) is 17.7. The van der Waals surface area contributed by atoms with Crippen molar-refractivity contribution >= 4 is 15.7 Å². The Labute approximate surface area is 108 Å². The van der Waals surface area contributed by atoms with Gasteiger partial charge in [-0.15, -0.1) is 0 Å². The number of hydrogen-bond acceptors (Lipinski definition) is 4. The zero-order chi connectivity index (χ0) is 13.2. The molecule has 18 heavy (non-hydrogen) atoms. The minimum absolute atomic E-state index is 0.343. The third kappa shape index (κ3) is 2.66. The molecule has 0 aliphatic carbocycles. The van der Waals surface area contributed by atoms with E-state index in [2.05, 4.69) is 0 Å². The first-order valence-corrected chi connectivity index (χ1v) is 7.31. The molecule has 0 bridgehead atoms. The maximum atomic E-state index is 12.4. The third-order valence-electron chi connectivity index (χ3n) is 2.94. The van der Waals surface area contributed by atoms with Gasteiger partial charge in [-0.1, -0.05) is 6.07 Å². The van der Waals surface area contributed by atoms with E-state index in [1.807, 2.05) is 25.1 Å². The smallest absolute Gasteiger partial charge is 0.243 e. The van der Waals surface area contributed by atoms with Gasteiger partial charge >= 0.3 is 0 Å². The van der Waals surface area contributed by atoms with Crippen LogP contribution in [-0.2, 0) is 14.8 Å². The Morgan fingerprint density at radius 2 is 1.89 bits per heavy atom. The zero-order valence-electron chi connectivity index (χ0n) is 10.7. The van der Waals surface area contributed by atoms with Gasteiger partial charge in [-0.05, 0) is 18.2 Å². The minimum atomic E-state index is -3.39. The summed E-state index contributed by atoms with van der Waals surface area (Å²) in [5.41, 5.74) is 0.879. The second-order valence-corrected chi connectivity index (χ2v) is 6.35. The van der Waals surface area contributed by atoms with E-state index in [0.29, 0.717) is 31.2 Å². The molecule has 1 aromatic rings. The van der Waals surface area contributed by atoms with Crippen molar-refractivity contribution in [3.8, 4) is 0 Å². The van der Waals surface area contributed by atoms with Crippen LogP contribution in [0.1, 0.15) is 0 Å². The predicted octanol–water partition coefficient (Wildman–Crippen LogP) is 0.773. The number of anilines is 1. The molecular weight excluding hydrogens is 252 g/mol. The molecule has 2 rings (SSSR count). The van der Waals surface area contributed by atoms with Gasteiger partial charge in [-0.3, -0.25) is 0 Å². The topological polar surface area (TPSA) is 49.9 Å². The molecule has 1 saturated heterocycles. The molecular formula is C12H18N2O3S. The molecule has 5 nitrogen and oxygen atoms in total. The van der Waals surface area contributed by atoms with E-state index in [0.717, 1.165) is 5.69 Å². The van der Waals surface area contributed by atoms with Crippen LogP contribution in [0.3, 0.4) is 0 Å². The predicted molar refractivity (Wildman–Crippen MR) is 70.3 cm³/mol. The monoisotopic (exact) mass is 270 g/mol. The van der Waals surface area contributed by atoms with E-state index in [1.54, 1.807) is 18.2 Å². The summed E-state index contributed by atoms with van der Waals surface area (Å²) in [5, 5.41) is 0. The number of hydrogen-bond donors (Lipinski definition) is 0. The van der Waals surface area contributed by atoms with Gasteiger partial charge in [-0.25, -0.2) is 8.42 Å². The van der Waals surface area contributed by atoms with Crippen molar-refractivity contribution in [3.63, 3.8) is 0 Å². The molecule has 1 aliphatic rings. The quantitative estimate of drug-likeness (QED) is 0.814. The van der Waals surface area contributed by atoms with Gasteiger partial charge in [0.2, 0.25) is 10.0 Å². The number of ether oxygens (including phenoxy) is 1. The maximum Gasteiger partial charge on any atom is 0.243 e. The molecule has 0 aromatic heterocycles. The fourth-order valence-electron chi connectivity index (χ4n) is 1.86. The third-order valence-corrected chi connectivity index (χ3v) is 4.84. The number of morpholine rings is 1. The largest absolute Gasteiger partial charge is 0.379 e. The summed E-state index contributed by atoms with van der Waals surface area (Å²) in [6, 6.07) is 6.99. The molecule has 100 valence electrons. The van der Waals surface area contributed by atoms with Gasteiger partial charge < -0.3 is 9.64 Å². The van der Waals surface area contributed by atoms with Crippen LogP contribution >= 0.6 is 0 Å². The highest BCUT2D eigenvalue weighted by Gasteiger charge is 2.26. The Bertz CT molecular complexity index is 508. The molecule has 1 aliphatic heterocycles. The molecule has 0 atom stereocenters. The van der Waals surface area contributed by atoms with E-state index in [-0.39, 0.29) is 0 Å². The van der Waals surface area contributed by atoms with Crippen LogP contribution in [0.2, 0.25) is 0 Å². The van der Waals surface area contributed by atoms with E-state index < -0.39 is 10.0 Å². The fraction of sp³-hybridized carbons (Fsp3) is 0.500. The van der Waals surface area contributed by atoms with Crippen LogP contribution in [0.5, 0.6) is 0 Å². The fourth-order valence-corrected chi connectivity index (χ4v) is 3.31. The van der Waals surface area contributed by atoms with Crippen molar-refractivity contribution in [2.24, 2.45) is 0 Å². The highest BCUT2D eigenvalue weighted by Crippen LogP contribution is 2.21. The van der Waals surface area contributed by atoms with Crippen molar-refractivity contribution in [2.45, 2.75) is 4.90 Å². The molecule has 0 amide bonds. The summed E-state index contributed by atoms with van der Waals surface area (Å²) in [5.74, 6) is 0. The molecule has 6 heteroatoms. The number of rotatable bonds is 3. The van der Waals surface area contributed by atoms with Gasteiger partial charge in [0.15, 0.2) is 0 Å². The second kappa shape index (κ2) is 5.26. The highest BCUT2D eigenvalue weighted by atomic mass is 32.2. The molecule has 0 radical (unpaired) electrons. The van der Waals surface area contributed by atoms with E-state index >= 15 is 0 Å². The lowest BCUT2D eigenvalue weighted by atomic mass is 10.3. The van der Waals surface area contributed by atoms with Gasteiger partial charge in [0.05, 0.1) is 18.1 Å². The molecule has 0 unspecified atom stereocenters. The Morgan fingerprint density at radius 3 is 2.50 bits per heavy atom. The summed E-state index contributed by atoms with van der Waals surface area (Å²) in [6.07, 6.45) is 0. The van der Waals surface area contributed by atoms with Gasteiger partial charge in [0.25, 0.3) is 0 Å². The molecule has 1 heterocycles. The maximum absolute atomic E-state index is 12.4. The van der Waals surface area contributed by atoms with Crippen LogP contribution < -0.4 is 4.90 Å². The Balaban J connectivity index is 2.31. The van der Waals surface area contributed by atoms with Crippen LogP contribution in [0.4, 0.5) is 5.69 Å². The number of nitrogens with zero attached hydrogens (tertiary/aromatic N) is 2. The zero-order valence-corrected chi connectivity index (χ0v) is 11.5. The Morgan fingerprint density at radius 1 is 1.22 bits per heavy atom. The first-order valence-electron chi connectivity index (χ1n) is 5.87. The second-order valence-electron chi connectivity index (χ2n) is 4.41. The lowest BCUT2D eigenvalue weighted by Crippen LogP contribution is -2.40. The van der Waals surface area contributed by atoms with Gasteiger partial charge in [0.1, 0.15) is 0 Å². The number of benzene rings is 1. The standard InChI is InChI=1S/C12H18N2O3S/c1-13(2)11-4-3-5-12(10-11)18(15,16)14-6-8-17-9-7-14/h3-5,10H,6-9H2,1-2H3. The van der Waals surface area contributed by atoms with Crippen molar-refractivity contribution < 1.29 is 13.2 Å². The first-order chi connectivity index (χ1) is 8.51. The average Bonchev–Trinajstić information content (AvgIpc) is 2.40. The lowest BCUT2D eigenvalue weighted by molar-refractivity contribution is 0.0730. The molecule has 1 aromatic carbocycles.